The molecule has 1 atom stereocenters. The first-order valence-corrected chi connectivity index (χ1v) is 10.3. The maximum absolute atomic E-state index is 4.76. The van der Waals surface area contributed by atoms with Crippen molar-refractivity contribution in [1.29, 1.82) is 0 Å². The molecule has 6 nitrogen and oxygen atoms in total. The Morgan fingerprint density at radius 1 is 1.14 bits per heavy atom. The lowest BCUT2D eigenvalue weighted by molar-refractivity contribution is 0.745. The van der Waals surface area contributed by atoms with E-state index in [1.54, 1.807) is 6.20 Å². The van der Waals surface area contributed by atoms with Gasteiger partial charge in [0, 0.05) is 36.2 Å². The first kappa shape index (κ1) is 19.2. The van der Waals surface area contributed by atoms with Gasteiger partial charge >= 0.3 is 0 Å². The van der Waals surface area contributed by atoms with Crippen LogP contribution in [-0.2, 0) is 6.42 Å². The van der Waals surface area contributed by atoms with Gasteiger partial charge in [-0.15, -0.1) is 5.10 Å². The highest BCUT2D eigenvalue weighted by molar-refractivity contribution is 5.70. The molecule has 0 amide bonds. The minimum atomic E-state index is 0.340. The fraction of sp³-hybridized carbons (Fsp3) is 0.348. The molecule has 2 aromatic carbocycles. The van der Waals surface area contributed by atoms with E-state index in [0.29, 0.717) is 12.0 Å². The van der Waals surface area contributed by atoms with Crippen LogP contribution < -0.4 is 15.1 Å². The Morgan fingerprint density at radius 3 is 2.69 bits per heavy atom. The van der Waals surface area contributed by atoms with Crippen LogP contribution in [0.1, 0.15) is 31.9 Å². The van der Waals surface area contributed by atoms with Crippen molar-refractivity contribution < 1.29 is 0 Å². The number of aryl methyl sites for hydroxylation is 1. The first-order valence-electron chi connectivity index (χ1n) is 10.3. The highest BCUT2D eigenvalue weighted by Crippen LogP contribution is 2.37. The topological polar surface area (TPSA) is 57.2 Å². The van der Waals surface area contributed by atoms with Crippen LogP contribution >= 0.6 is 0 Å². The summed E-state index contributed by atoms with van der Waals surface area (Å²) in [6.07, 6.45) is 2.75. The zero-order valence-corrected chi connectivity index (χ0v) is 17.6. The molecule has 6 heteroatoms. The van der Waals surface area contributed by atoms with Crippen molar-refractivity contribution in [2.24, 2.45) is 0 Å². The minimum Gasteiger partial charge on any atom is -0.372 e. The van der Waals surface area contributed by atoms with Gasteiger partial charge in [0.25, 0.3) is 0 Å². The molecular formula is C23H28N6. The van der Waals surface area contributed by atoms with Crippen LogP contribution in [0.25, 0.3) is 0 Å². The van der Waals surface area contributed by atoms with E-state index in [4.69, 9.17) is 4.98 Å². The van der Waals surface area contributed by atoms with Gasteiger partial charge in [-0.2, -0.15) is 10.1 Å². The van der Waals surface area contributed by atoms with E-state index in [9.17, 15) is 0 Å². The van der Waals surface area contributed by atoms with E-state index in [2.05, 4.69) is 95.5 Å². The Balaban J connectivity index is 1.59. The Morgan fingerprint density at radius 2 is 1.93 bits per heavy atom. The molecule has 29 heavy (non-hydrogen) atoms. The fourth-order valence-electron chi connectivity index (χ4n) is 4.07. The van der Waals surface area contributed by atoms with E-state index < -0.39 is 0 Å². The summed E-state index contributed by atoms with van der Waals surface area (Å²) in [5.74, 6) is 1.33. The van der Waals surface area contributed by atoms with Crippen molar-refractivity contribution in [3.63, 3.8) is 0 Å². The quantitative estimate of drug-likeness (QED) is 0.651. The summed E-state index contributed by atoms with van der Waals surface area (Å²) in [5.41, 5.74) is 5.92. The van der Waals surface area contributed by atoms with Crippen LogP contribution in [0.3, 0.4) is 0 Å². The lowest BCUT2D eigenvalue weighted by Crippen LogP contribution is -2.25. The van der Waals surface area contributed by atoms with Crippen LogP contribution in [-0.4, -0.2) is 34.3 Å². The molecule has 1 N–H and O–H groups in total. The lowest BCUT2D eigenvalue weighted by Gasteiger charge is -2.24. The molecule has 1 aliphatic rings. The van der Waals surface area contributed by atoms with Gasteiger partial charge in [-0.1, -0.05) is 18.2 Å². The number of rotatable bonds is 6. The molecule has 1 unspecified atom stereocenters. The van der Waals surface area contributed by atoms with Gasteiger partial charge in [0.05, 0.1) is 6.20 Å². The number of nitrogens with one attached hydrogen (secondary N) is 1. The van der Waals surface area contributed by atoms with Crippen molar-refractivity contribution in [2.45, 2.75) is 40.2 Å². The second-order valence-corrected chi connectivity index (χ2v) is 7.49. The Labute approximate surface area is 172 Å². The molecule has 1 aliphatic heterocycles. The smallest absolute Gasteiger partial charge is 0.249 e. The summed E-state index contributed by atoms with van der Waals surface area (Å²) in [4.78, 5) is 9.34. The fourth-order valence-corrected chi connectivity index (χ4v) is 4.07. The summed E-state index contributed by atoms with van der Waals surface area (Å²) >= 11 is 0. The van der Waals surface area contributed by atoms with Crippen molar-refractivity contribution >= 4 is 28.8 Å². The van der Waals surface area contributed by atoms with Crippen molar-refractivity contribution in [3.05, 3.63) is 59.8 Å². The summed E-state index contributed by atoms with van der Waals surface area (Å²) in [6, 6.07) is 15.2. The van der Waals surface area contributed by atoms with E-state index in [-0.39, 0.29) is 0 Å². The largest absolute Gasteiger partial charge is 0.372 e. The lowest BCUT2D eigenvalue weighted by atomic mass is 10.1. The molecule has 0 saturated heterocycles. The van der Waals surface area contributed by atoms with E-state index in [1.807, 2.05) is 0 Å². The second kappa shape index (κ2) is 8.07. The van der Waals surface area contributed by atoms with Gasteiger partial charge in [-0.3, -0.25) is 0 Å². The molecule has 1 aromatic heterocycles. The number of para-hydroxylation sites is 1. The molecular weight excluding hydrogens is 360 g/mol. The SMILES string of the molecule is CCN(CC)c1ccc(Nc2nncc(N3c4ccccc4CC3C)n2)c(C)c1. The van der Waals surface area contributed by atoms with Crippen molar-refractivity contribution in [3.8, 4) is 0 Å². The third kappa shape index (κ3) is 3.75. The van der Waals surface area contributed by atoms with Crippen molar-refractivity contribution in [2.75, 3.05) is 28.2 Å². The third-order valence-electron chi connectivity index (χ3n) is 5.59. The molecule has 2 heterocycles. The highest BCUT2D eigenvalue weighted by atomic mass is 15.3. The molecule has 0 spiro atoms. The number of nitrogens with zero attached hydrogens (tertiary/aromatic N) is 5. The molecule has 0 aliphatic carbocycles. The van der Waals surface area contributed by atoms with Gasteiger partial charge < -0.3 is 15.1 Å². The number of aromatic nitrogens is 3. The van der Waals surface area contributed by atoms with Gasteiger partial charge in [-0.05, 0) is 69.5 Å². The molecule has 4 rings (SSSR count). The molecule has 0 radical (unpaired) electrons. The summed E-state index contributed by atoms with van der Waals surface area (Å²) < 4.78 is 0. The minimum absolute atomic E-state index is 0.340. The van der Waals surface area contributed by atoms with Gasteiger partial charge in [0.2, 0.25) is 5.95 Å². The maximum Gasteiger partial charge on any atom is 0.249 e. The average molecular weight is 389 g/mol. The first-order chi connectivity index (χ1) is 14.1. The van der Waals surface area contributed by atoms with Crippen LogP contribution in [0.4, 0.5) is 28.8 Å². The Kier molecular flexibility index (Phi) is 5.34. The van der Waals surface area contributed by atoms with Gasteiger partial charge in [-0.25, -0.2) is 0 Å². The van der Waals surface area contributed by atoms with Crippen LogP contribution in [0.2, 0.25) is 0 Å². The van der Waals surface area contributed by atoms with Crippen molar-refractivity contribution in [1.82, 2.24) is 15.2 Å². The molecule has 0 saturated carbocycles. The van der Waals surface area contributed by atoms with E-state index >= 15 is 0 Å². The Hall–Kier alpha value is -3.15. The molecule has 3 aromatic rings. The zero-order chi connectivity index (χ0) is 20.4. The van der Waals surface area contributed by atoms with Crippen LogP contribution in [0.15, 0.2) is 48.7 Å². The number of fused-ring (bicyclic) bond motifs is 1. The summed E-state index contributed by atoms with van der Waals surface area (Å²) in [6.45, 7) is 10.7. The van der Waals surface area contributed by atoms with Gasteiger partial charge in [0.1, 0.15) is 0 Å². The number of anilines is 5. The maximum atomic E-state index is 4.76. The number of benzene rings is 2. The van der Waals surface area contributed by atoms with E-state index in [1.165, 1.54) is 16.9 Å². The predicted octanol–water partition coefficient (Wildman–Crippen LogP) is 4.85. The average Bonchev–Trinajstić information content (AvgIpc) is 3.07. The Bertz CT molecular complexity index is 998. The zero-order valence-electron chi connectivity index (χ0n) is 17.6. The monoisotopic (exact) mass is 388 g/mol. The summed E-state index contributed by atoms with van der Waals surface area (Å²) in [7, 11) is 0. The number of hydrogen-bond donors (Lipinski definition) is 1. The predicted molar refractivity (Wildman–Crippen MR) is 120 cm³/mol. The van der Waals surface area contributed by atoms with Gasteiger partial charge in [0.15, 0.2) is 5.82 Å². The third-order valence-corrected chi connectivity index (χ3v) is 5.59. The van der Waals surface area contributed by atoms with Crippen LogP contribution in [0, 0.1) is 6.92 Å². The normalized spacial score (nSPS) is 15.3. The molecule has 150 valence electrons. The highest BCUT2D eigenvalue weighted by Gasteiger charge is 2.28. The molecule has 0 bridgehead atoms. The van der Waals surface area contributed by atoms with E-state index in [0.717, 1.165) is 36.6 Å². The van der Waals surface area contributed by atoms with Crippen LogP contribution in [0.5, 0.6) is 0 Å². The standard InChI is InChI=1S/C23H28N6/c1-5-28(6-2)19-11-12-20(16(3)13-19)25-23-26-22(15-24-27-23)29-17(4)14-18-9-7-8-10-21(18)29/h7-13,15,17H,5-6,14H2,1-4H3,(H,25,26,27). The second-order valence-electron chi connectivity index (χ2n) is 7.49. The summed E-state index contributed by atoms with van der Waals surface area (Å²) in [5, 5.41) is 11.8. The molecule has 0 fully saturated rings. The number of hydrogen-bond acceptors (Lipinski definition) is 6.